The molecule has 2 rings (SSSR count). The van der Waals surface area contributed by atoms with Crippen molar-refractivity contribution in [1.82, 2.24) is 10.6 Å². The van der Waals surface area contributed by atoms with Crippen molar-refractivity contribution in [1.29, 1.82) is 0 Å². The Morgan fingerprint density at radius 3 is 2.58 bits per heavy atom. The lowest BCUT2D eigenvalue weighted by Gasteiger charge is -2.37. The first-order valence-corrected chi connectivity index (χ1v) is 8.45. The van der Waals surface area contributed by atoms with E-state index in [1.54, 1.807) is 7.11 Å². The Labute approximate surface area is 152 Å². The molecule has 1 heterocycles. The first kappa shape index (κ1) is 20.9. The zero-order valence-electron chi connectivity index (χ0n) is 15.3. The molecule has 1 fully saturated rings. The molecule has 0 aliphatic carbocycles. The number of hydrogen-bond donors (Lipinski definition) is 2. The zero-order valence-corrected chi connectivity index (χ0v) is 16.1. The molecule has 0 radical (unpaired) electrons. The summed E-state index contributed by atoms with van der Waals surface area (Å²) in [6.45, 7) is 9.32. The average molecular weight is 355 g/mol. The third-order valence-corrected chi connectivity index (χ3v) is 4.95. The summed E-state index contributed by atoms with van der Waals surface area (Å²) in [5, 5.41) is 6.51. The van der Waals surface area contributed by atoms with E-state index in [-0.39, 0.29) is 29.1 Å². The Hall–Kier alpha value is -1.10. The predicted octanol–water partition coefficient (Wildman–Crippen LogP) is 2.83. The summed E-state index contributed by atoms with van der Waals surface area (Å²) in [6, 6.07) is 8.50. The van der Waals surface area contributed by atoms with Crippen LogP contribution in [0.25, 0.3) is 0 Å². The molecule has 136 valence electrons. The normalized spacial score (nSPS) is 17.0. The van der Waals surface area contributed by atoms with Gasteiger partial charge < -0.3 is 15.4 Å². The van der Waals surface area contributed by atoms with Crippen molar-refractivity contribution in [2.75, 3.05) is 33.4 Å². The Morgan fingerprint density at radius 1 is 1.33 bits per heavy atom. The van der Waals surface area contributed by atoms with Crippen molar-refractivity contribution < 1.29 is 9.53 Å². The van der Waals surface area contributed by atoms with Crippen LogP contribution in [-0.4, -0.2) is 39.3 Å². The van der Waals surface area contributed by atoms with Gasteiger partial charge in [-0.2, -0.15) is 0 Å². The Bertz CT molecular complexity index is 534. The summed E-state index contributed by atoms with van der Waals surface area (Å²) in [6.07, 6.45) is 1.66. The predicted molar refractivity (Wildman–Crippen MR) is 101 cm³/mol. The molecule has 0 spiro atoms. The van der Waals surface area contributed by atoms with Crippen LogP contribution in [0, 0.1) is 12.3 Å². The van der Waals surface area contributed by atoms with E-state index in [1.165, 1.54) is 11.1 Å². The summed E-state index contributed by atoms with van der Waals surface area (Å²) in [5.74, 6) is 0.126. The van der Waals surface area contributed by atoms with Gasteiger partial charge in [0.25, 0.3) is 0 Å². The maximum Gasteiger partial charge on any atom is 0.228 e. The summed E-state index contributed by atoms with van der Waals surface area (Å²) in [5.41, 5.74) is 2.02. The van der Waals surface area contributed by atoms with Crippen molar-refractivity contribution >= 4 is 18.3 Å². The Kier molecular flexibility index (Phi) is 7.71. The van der Waals surface area contributed by atoms with Crippen LogP contribution in [0.5, 0.6) is 0 Å². The first-order chi connectivity index (χ1) is 10.9. The van der Waals surface area contributed by atoms with Crippen LogP contribution in [-0.2, 0) is 14.9 Å². The Morgan fingerprint density at radius 2 is 2.00 bits per heavy atom. The maximum absolute atomic E-state index is 12.8. The molecule has 2 N–H and O–H groups in total. The van der Waals surface area contributed by atoms with Gasteiger partial charge in [-0.05, 0) is 38.4 Å². The number of carbonyl (C=O) groups excluding carboxylic acids is 1. The minimum atomic E-state index is -0.386. The van der Waals surface area contributed by atoms with E-state index in [1.807, 2.05) is 0 Å². The number of nitrogens with one attached hydrogen (secondary N) is 2. The number of methoxy groups -OCH3 is 1. The zero-order chi connectivity index (χ0) is 16.9. The second kappa shape index (κ2) is 8.84. The molecule has 4 nitrogen and oxygen atoms in total. The number of piperidine rings is 1. The average Bonchev–Trinajstić information content (AvgIpc) is 2.54. The summed E-state index contributed by atoms with van der Waals surface area (Å²) in [7, 11) is 1.67. The van der Waals surface area contributed by atoms with Crippen molar-refractivity contribution in [3.05, 3.63) is 35.4 Å². The van der Waals surface area contributed by atoms with Gasteiger partial charge in [-0.1, -0.05) is 43.7 Å². The SMILES string of the molecule is COCC1(C(=O)NCC(C)(C)c2cccc(C)c2)CCNCC1.Cl. The van der Waals surface area contributed by atoms with E-state index in [0.717, 1.165) is 25.9 Å². The van der Waals surface area contributed by atoms with Gasteiger partial charge in [0.1, 0.15) is 0 Å². The highest BCUT2D eigenvalue weighted by Crippen LogP contribution is 2.30. The number of carbonyl (C=O) groups is 1. The lowest BCUT2D eigenvalue weighted by Crippen LogP contribution is -2.52. The molecular weight excluding hydrogens is 324 g/mol. The van der Waals surface area contributed by atoms with Crippen LogP contribution in [0.4, 0.5) is 0 Å². The van der Waals surface area contributed by atoms with Crippen LogP contribution in [0.3, 0.4) is 0 Å². The molecule has 1 aliphatic rings. The second-order valence-corrected chi connectivity index (χ2v) is 7.40. The molecule has 5 heteroatoms. The standard InChI is InChI=1S/C19H30N2O2.ClH/c1-15-6-5-7-16(12-15)18(2,3)13-21-17(22)19(14-23-4)8-10-20-11-9-19;/h5-7,12,20H,8-11,13-14H2,1-4H3,(H,21,22);1H. The van der Waals surface area contributed by atoms with Gasteiger partial charge in [0, 0.05) is 19.1 Å². The molecule has 0 saturated carbocycles. The number of hydrogen-bond acceptors (Lipinski definition) is 3. The van der Waals surface area contributed by atoms with E-state index >= 15 is 0 Å². The molecule has 0 bridgehead atoms. The van der Waals surface area contributed by atoms with E-state index in [0.29, 0.717) is 13.2 Å². The van der Waals surface area contributed by atoms with Crippen LogP contribution in [0.1, 0.15) is 37.8 Å². The molecule has 1 aromatic rings. The molecule has 1 amide bonds. The minimum Gasteiger partial charge on any atom is -0.384 e. The Balaban J connectivity index is 0.00000288. The highest BCUT2D eigenvalue weighted by molar-refractivity contribution is 5.85. The van der Waals surface area contributed by atoms with Crippen LogP contribution < -0.4 is 10.6 Å². The molecule has 1 aromatic carbocycles. The number of halogens is 1. The highest BCUT2D eigenvalue weighted by atomic mass is 35.5. The number of rotatable bonds is 6. The van der Waals surface area contributed by atoms with Gasteiger partial charge in [-0.3, -0.25) is 4.79 Å². The maximum atomic E-state index is 12.8. The van der Waals surface area contributed by atoms with Gasteiger partial charge in [-0.25, -0.2) is 0 Å². The van der Waals surface area contributed by atoms with Crippen molar-refractivity contribution in [3.8, 4) is 0 Å². The fourth-order valence-corrected chi connectivity index (χ4v) is 3.28. The summed E-state index contributed by atoms with van der Waals surface area (Å²) in [4.78, 5) is 12.8. The number of ether oxygens (including phenoxy) is 1. The van der Waals surface area contributed by atoms with Gasteiger partial charge in [0.15, 0.2) is 0 Å². The molecule has 1 aliphatic heterocycles. The lowest BCUT2D eigenvalue weighted by atomic mass is 9.78. The van der Waals surface area contributed by atoms with Crippen LogP contribution in [0.15, 0.2) is 24.3 Å². The van der Waals surface area contributed by atoms with Crippen LogP contribution in [0.2, 0.25) is 0 Å². The topological polar surface area (TPSA) is 50.4 Å². The third kappa shape index (κ3) is 4.95. The quantitative estimate of drug-likeness (QED) is 0.825. The van der Waals surface area contributed by atoms with Crippen molar-refractivity contribution in [3.63, 3.8) is 0 Å². The molecule has 1 saturated heterocycles. The van der Waals surface area contributed by atoms with Gasteiger partial charge in [0.2, 0.25) is 5.91 Å². The van der Waals surface area contributed by atoms with E-state index < -0.39 is 0 Å². The number of benzene rings is 1. The molecule has 0 aromatic heterocycles. The highest BCUT2D eigenvalue weighted by Gasteiger charge is 2.40. The fraction of sp³-hybridized carbons (Fsp3) is 0.632. The molecule has 24 heavy (non-hydrogen) atoms. The molecular formula is C19H31ClN2O2. The van der Waals surface area contributed by atoms with Gasteiger partial charge >= 0.3 is 0 Å². The fourth-order valence-electron chi connectivity index (χ4n) is 3.28. The first-order valence-electron chi connectivity index (χ1n) is 8.45. The van der Waals surface area contributed by atoms with Crippen molar-refractivity contribution in [2.45, 2.75) is 39.0 Å². The third-order valence-electron chi connectivity index (χ3n) is 4.95. The summed E-state index contributed by atoms with van der Waals surface area (Å²) >= 11 is 0. The number of aryl methyl sites for hydroxylation is 1. The minimum absolute atomic E-state index is 0. The largest absolute Gasteiger partial charge is 0.384 e. The lowest BCUT2D eigenvalue weighted by molar-refractivity contribution is -0.136. The number of amides is 1. The van der Waals surface area contributed by atoms with Crippen molar-refractivity contribution in [2.24, 2.45) is 5.41 Å². The van der Waals surface area contributed by atoms with Gasteiger partial charge in [-0.15, -0.1) is 12.4 Å². The summed E-state index contributed by atoms with van der Waals surface area (Å²) < 4.78 is 5.35. The molecule has 0 atom stereocenters. The van der Waals surface area contributed by atoms with E-state index in [9.17, 15) is 4.79 Å². The second-order valence-electron chi connectivity index (χ2n) is 7.40. The van der Waals surface area contributed by atoms with Gasteiger partial charge in [0.05, 0.1) is 12.0 Å². The monoisotopic (exact) mass is 354 g/mol. The van der Waals surface area contributed by atoms with E-state index in [4.69, 9.17) is 4.74 Å². The van der Waals surface area contributed by atoms with Crippen LogP contribution >= 0.6 is 12.4 Å². The van der Waals surface area contributed by atoms with E-state index in [2.05, 4.69) is 55.7 Å². The smallest absolute Gasteiger partial charge is 0.228 e. The molecule has 0 unspecified atom stereocenters.